The zero-order chi connectivity index (χ0) is 32.4. The van der Waals surface area contributed by atoms with Gasteiger partial charge in [-0.2, -0.15) is 8.78 Å². The monoisotopic (exact) mass is 629 g/mol. The first kappa shape index (κ1) is 31.0. The molecule has 5 aromatic rings. The number of aromatic nitrogens is 2. The number of hydrogen-bond donors (Lipinski definition) is 1. The third-order valence-corrected chi connectivity index (χ3v) is 8.25. The van der Waals surface area contributed by atoms with Crippen LogP contribution >= 0.6 is 0 Å². The number of rotatable bonds is 11. The van der Waals surface area contributed by atoms with Crippen LogP contribution in [0.4, 0.5) is 13.2 Å². The summed E-state index contributed by atoms with van der Waals surface area (Å²) in [6.07, 6.45) is 4.62. The molecule has 236 valence electrons. The van der Waals surface area contributed by atoms with Crippen LogP contribution in [0.3, 0.4) is 0 Å². The fourth-order valence-electron chi connectivity index (χ4n) is 6.07. The number of nitrogens with zero attached hydrogens (tertiary/aromatic N) is 2. The van der Waals surface area contributed by atoms with Crippen molar-refractivity contribution < 1.29 is 36.7 Å². The van der Waals surface area contributed by atoms with E-state index in [1.807, 2.05) is 25.1 Å². The first-order chi connectivity index (χ1) is 22.2. The molecular weight excluding hydrogens is 599 g/mol. The van der Waals surface area contributed by atoms with Gasteiger partial charge in [-0.1, -0.05) is 19.4 Å². The SMILES string of the molecule is CCCc1cc2oc(-c3ccc(F)cc3)c(C=O)c2cc1-c1ccc(OC)c(C(=O)NC2(c3ncccn3)CC(OC(F)F)C2)c1. The van der Waals surface area contributed by atoms with Crippen molar-refractivity contribution in [1.82, 2.24) is 15.3 Å². The molecule has 0 aliphatic heterocycles. The van der Waals surface area contributed by atoms with Crippen molar-refractivity contribution in [3.05, 3.63) is 101 Å². The van der Waals surface area contributed by atoms with Gasteiger partial charge < -0.3 is 19.2 Å². The van der Waals surface area contributed by atoms with Crippen LogP contribution in [-0.2, 0) is 16.7 Å². The number of hydrogen-bond acceptors (Lipinski definition) is 7. The maximum atomic E-state index is 13.9. The van der Waals surface area contributed by atoms with Crippen molar-refractivity contribution in [1.29, 1.82) is 0 Å². The van der Waals surface area contributed by atoms with Crippen molar-refractivity contribution >= 4 is 23.2 Å². The summed E-state index contributed by atoms with van der Waals surface area (Å²) in [5.41, 5.74) is 2.91. The average Bonchev–Trinajstić information content (AvgIpc) is 3.41. The molecule has 1 aliphatic carbocycles. The van der Waals surface area contributed by atoms with Crippen molar-refractivity contribution in [2.24, 2.45) is 0 Å². The summed E-state index contributed by atoms with van der Waals surface area (Å²) in [4.78, 5) is 34.8. The van der Waals surface area contributed by atoms with Gasteiger partial charge in [0.1, 0.15) is 28.4 Å². The standard InChI is InChI=1S/C35H30F3N3O5/c1-3-5-21-15-30-26(28(19-42)31(46-30)20-6-9-23(36)10-7-20)16-25(21)22-8-11-29(44-2)27(14-22)32(43)41-35(33-39-12-4-13-40-33)17-24(18-35)45-34(37)38/h4,6-16,19,24,34H,3,5,17-18H2,1-2H3,(H,41,43). The number of carbonyl (C=O) groups is 2. The van der Waals surface area contributed by atoms with Gasteiger partial charge in [0.05, 0.1) is 24.3 Å². The highest BCUT2D eigenvalue weighted by Gasteiger charge is 2.50. The van der Waals surface area contributed by atoms with E-state index in [0.29, 0.717) is 51.4 Å². The van der Waals surface area contributed by atoms with E-state index in [0.717, 1.165) is 23.8 Å². The molecular formula is C35H30F3N3O5. The van der Waals surface area contributed by atoms with E-state index in [9.17, 15) is 22.8 Å². The molecule has 0 radical (unpaired) electrons. The second-order valence-corrected chi connectivity index (χ2v) is 11.2. The number of fused-ring (bicyclic) bond motifs is 1. The number of halogens is 3. The maximum absolute atomic E-state index is 13.9. The molecule has 1 aliphatic rings. The van der Waals surface area contributed by atoms with Gasteiger partial charge in [0.25, 0.3) is 5.91 Å². The molecule has 0 bridgehead atoms. The predicted octanol–water partition coefficient (Wildman–Crippen LogP) is 7.50. The molecule has 2 heterocycles. The Kier molecular flexibility index (Phi) is 8.59. The molecule has 1 amide bonds. The summed E-state index contributed by atoms with van der Waals surface area (Å²) in [6.45, 7) is -0.901. The summed E-state index contributed by atoms with van der Waals surface area (Å²) >= 11 is 0. The molecule has 46 heavy (non-hydrogen) atoms. The molecule has 0 unspecified atom stereocenters. The predicted molar refractivity (Wildman–Crippen MR) is 164 cm³/mol. The highest BCUT2D eigenvalue weighted by Crippen LogP contribution is 2.43. The van der Waals surface area contributed by atoms with E-state index in [2.05, 4.69) is 20.0 Å². The first-order valence-electron chi connectivity index (χ1n) is 14.8. The smallest absolute Gasteiger partial charge is 0.345 e. The van der Waals surface area contributed by atoms with Crippen LogP contribution in [0.1, 0.15) is 58.3 Å². The molecule has 1 fully saturated rings. The number of furan rings is 1. The van der Waals surface area contributed by atoms with Crippen LogP contribution in [0, 0.1) is 5.82 Å². The van der Waals surface area contributed by atoms with Gasteiger partial charge in [0.15, 0.2) is 12.1 Å². The van der Waals surface area contributed by atoms with Crippen molar-refractivity contribution in [2.75, 3.05) is 7.11 Å². The number of methoxy groups -OCH3 is 1. The number of aryl methyl sites for hydroxylation is 1. The molecule has 6 rings (SSSR count). The normalized spacial score (nSPS) is 17.6. The molecule has 3 aromatic carbocycles. The van der Waals surface area contributed by atoms with Crippen molar-refractivity contribution in [2.45, 2.75) is 50.9 Å². The van der Waals surface area contributed by atoms with Crippen LogP contribution in [0.15, 0.2) is 77.5 Å². The number of ether oxygens (including phenoxy) is 2. The molecule has 0 spiro atoms. The number of nitrogens with one attached hydrogen (secondary N) is 1. The Hall–Kier alpha value is -5.03. The topological polar surface area (TPSA) is 104 Å². The third-order valence-electron chi connectivity index (χ3n) is 8.25. The summed E-state index contributed by atoms with van der Waals surface area (Å²) in [5, 5.41) is 3.55. The zero-order valence-corrected chi connectivity index (χ0v) is 25.1. The molecule has 11 heteroatoms. The Morgan fingerprint density at radius 3 is 2.46 bits per heavy atom. The molecule has 8 nitrogen and oxygen atoms in total. The fraction of sp³-hybridized carbons (Fsp3) is 0.257. The van der Waals surface area contributed by atoms with Gasteiger partial charge >= 0.3 is 6.61 Å². The minimum Gasteiger partial charge on any atom is -0.496 e. The van der Waals surface area contributed by atoms with Crippen LogP contribution in [-0.4, -0.2) is 42.0 Å². The van der Waals surface area contributed by atoms with Crippen LogP contribution in [0.25, 0.3) is 33.4 Å². The van der Waals surface area contributed by atoms with E-state index in [-0.39, 0.29) is 18.4 Å². The lowest BCUT2D eigenvalue weighted by molar-refractivity contribution is -0.198. The second-order valence-electron chi connectivity index (χ2n) is 11.2. The second kappa shape index (κ2) is 12.8. The highest BCUT2D eigenvalue weighted by atomic mass is 19.3. The van der Waals surface area contributed by atoms with E-state index in [1.165, 1.54) is 31.6 Å². The lowest BCUT2D eigenvalue weighted by atomic mass is 9.73. The lowest BCUT2D eigenvalue weighted by Crippen LogP contribution is -2.58. The van der Waals surface area contributed by atoms with Crippen molar-refractivity contribution in [3.8, 4) is 28.2 Å². The van der Waals surface area contributed by atoms with Gasteiger partial charge in [0, 0.05) is 36.2 Å². The summed E-state index contributed by atoms with van der Waals surface area (Å²) < 4.78 is 55.8. The summed E-state index contributed by atoms with van der Waals surface area (Å²) in [6, 6.07) is 16.3. The minimum absolute atomic E-state index is 0.0672. The van der Waals surface area contributed by atoms with E-state index in [4.69, 9.17) is 9.15 Å². The zero-order valence-electron chi connectivity index (χ0n) is 25.1. The van der Waals surface area contributed by atoms with Gasteiger partial charge in [-0.05, 0) is 77.7 Å². The molecule has 1 saturated carbocycles. The Morgan fingerprint density at radius 1 is 1.09 bits per heavy atom. The number of alkyl halides is 2. The molecule has 0 atom stereocenters. The Balaban J connectivity index is 1.41. The summed E-state index contributed by atoms with van der Waals surface area (Å²) in [5.74, 6) is 0.0261. The lowest BCUT2D eigenvalue weighted by Gasteiger charge is -2.46. The first-order valence-corrected chi connectivity index (χ1v) is 14.8. The number of aldehydes is 1. The van der Waals surface area contributed by atoms with Gasteiger partial charge in [-0.15, -0.1) is 0 Å². The minimum atomic E-state index is -2.94. The number of carbonyl (C=O) groups excluding carboxylic acids is 2. The van der Waals surface area contributed by atoms with Crippen LogP contribution in [0.2, 0.25) is 0 Å². The maximum Gasteiger partial charge on any atom is 0.345 e. The van der Waals surface area contributed by atoms with Crippen LogP contribution in [0.5, 0.6) is 5.75 Å². The quantitative estimate of drug-likeness (QED) is 0.151. The van der Waals surface area contributed by atoms with E-state index in [1.54, 1.807) is 30.3 Å². The summed E-state index contributed by atoms with van der Waals surface area (Å²) in [7, 11) is 1.45. The Morgan fingerprint density at radius 2 is 1.80 bits per heavy atom. The Bertz CT molecular complexity index is 1890. The Labute approximate surface area is 262 Å². The van der Waals surface area contributed by atoms with Gasteiger partial charge in [-0.3, -0.25) is 9.59 Å². The van der Waals surface area contributed by atoms with Gasteiger partial charge in [0.2, 0.25) is 0 Å². The third kappa shape index (κ3) is 5.85. The molecule has 1 N–H and O–H groups in total. The number of amides is 1. The van der Waals surface area contributed by atoms with Crippen LogP contribution < -0.4 is 10.1 Å². The van der Waals surface area contributed by atoms with E-state index >= 15 is 0 Å². The number of benzene rings is 3. The van der Waals surface area contributed by atoms with E-state index < -0.39 is 30.0 Å². The van der Waals surface area contributed by atoms with Crippen molar-refractivity contribution in [3.63, 3.8) is 0 Å². The molecule has 0 saturated heterocycles. The average molecular weight is 630 g/mol. The largest absolute Gasteiger partial charge is 0.496 e. The highest BCUT2D eigenvalue weighted by molar-refractivity contribution is 6.05. The fourth-order valence-corrected chi connectivity index (χ4v) is 6.07. The van der Waals surface area contributed by atoms with Gasteiger partial charge in [-0.25, -0.2) is 14.4 Å². The molecule has 2 aromatic heterocycles.